The van der Waals surface area contributed by atoms with Crippen LogP contribution in [0.4, 0.5) is 5.82 Å². The van der Waals surface area contributed by atoms with Crippen molar-refractivity contribution in [2.24, 2.45) is 0 Å². The van der Waals surface area contributed by atoms with Crippen LogP contribution in [0.15, 0.2) is 18.3 Å². The van der Waals surface area contributed by atoms with Crippen molar-refractivity contribution < 1.29 is 4.79 Å². The zero-order valence-electron chi connectivity index (χ0n) is 12.5. The minimum absolute atomic E-state index is 0.133. The number of aromatic nitrogens is 1. The van der Waals surface area contributed by atoms with Crippen LogP contribution in [0.1, 0.15) is 37.7 Å². The van der Waals surface area contributed by atoms with Gasteiger partial charge in [-0.05, 0) is 49.9 Å². The van der Waals surface area contributed by atoms with Crippen LogP contribution < -0.4 is 15.5 Å². The average molecular weight is 288 g/mol. The molecule has 1 aromatic rings. The Labute approximate surface area is 126 Å². The molecule has 2 N–H and O–H groups in total. The highest BCUT2D eigenvalue weighted by molar-refractivity contribution is 5.76. The Kier molecular flexibility index (Phi) is 4.70. The van der Waals surface area contributed by atoms with Crippen molar-refractivity contribution in [3.8, 4) is 0 Å². The first-order chi connectivity index (χ1) is 10.3. The predicted molar refractivity (Wildman–Crippen MR) is 83.2 cm³/mol. The van der Waals surface area contributed by atoms with Crippen molar-refractivity contribution in [1.29, 1.82) is 0 Å². The van der Waals surface area contributed by atoms with E-state index in [4.69, 9.17) is 0 Å². The fourth-order valence-corrected chi connectivity index (χ4v) is 3.12. The van der Waals surface area contributed by atoms with Crippen LogP contribution in [0.3, 0.4) is 0 Å². The molecule has 2 aliphatic rings. The van der Waals surface area contributed by atoms with Gasteiger partial charge in [-0.2, -0.15) is 0 Å². The Morgan fingerprint density at radius 1 is 1.38 bits per heavy atom. The van der Waals surface area contributed by atoms with E-state index in [-0.39, 0.29) is 5.91 Å². The monoisotopic (exact) mass is 288 g/mol. The largest absolute Gasteiger partial charge is 0.357 e. The summed E-state index contributed by atoms with van der Waals surface area (Å²) in [6, 6.07) is 4.44. The van der Waals surface area contributed by atoms with Gasteiger partial charge in [0.05, 0.1) is 0 Å². The number of rotatable bonds is 5. The second-order valence-corrected chi connectivity index (χ2v) is 5.99. The summed E-state index contributed by atoms with van der Waals surface area (Å²) in [5.41, 5.74) is 1.12. The predicted octanol–water partition coefficient (Wildman–Crippen LogP) is 1.44. The van der Waals surface area contributed by atoms with Gasteiger partial charge in [-0.1, -0.05) is 0 Å². The van der Waals surface area contributed by atoms with Gasteiger partial charge in [0.15, 0.2) is 0 Å². The van der Waals surface area contributed by atoms with Crippen LogP contribution in [-0.2, 0) is 11.3 Å². The third-order valence-corrected chi connectivity index (χ3v) is 4.32. The Morgan fingerprint density at radius 3 is 3.00 bits per heavy atom. The number of anilines is 1. The first-order valence-corrected chi connectivity index (χ1v) is 8.01. The molecule has 1 amide bonds. The zero-order chi connectivity index (χ0) is 14.5. The molecule has 3 rings (SSSR count). The van der Waals surface area contributed by atoms with E-state index in [1.807, 2.05) is 12.3 Å². The lowest BCUT2D eigenvalue weighted by atomic mass is 10.1. The van der Waals surface area contributed by atoms with E-state index in [0.717, 1.165) is 37.4 Å². The summed E-state index contributed by atoms with van der Waals surface area (Å²) in [7, 11) is 0. The lowest BCUT2D eigenvalue weighted by Crippen LogP contribution is -2.31. The van der Waals surface area contributed by atoms with E-state index in [1.165, 1.54) is 19.3 Å². The summed E-state index contributed by atoms with van der Waals surface area (Å²) >= 11 is 0. The molecule has 114 valence electrons. The summed E-state index contributed by atoms with van der Waals surface area (Å²) in [5, 5.41) is 6.37. The van der Waals surface area contributed by atoms with Gasteiger partial charge >= 0.3 is 0 Å². The van der Waals surface area contributed by atoms with Gasteiger partial charge < -0.3 is 15.5 Å². The van der Waals surface area contributed by atoms with Crippen LogP contribution in [0, 0.1) is 0 Å². The summed E-state index contributed by atoms with van der Waals surface area (Å²) in [5.74, 6) is 1.17. The molecular formula is C16H24N4O. The van der Waals surface area contributed by atoms with Gasteiger partial charge in [-0.25, -0.2) is 4.98 Å². The SMILES string of the molecule is O=C(CC1CCCN1)NCc1ccnc(N2CCCC2)c1. The summed E-state index contributed by atoms with van der Waals surface area (Å²) < 4.78 is 0. The third kappa shape index (κ3) is 3.94. The van der Waals surface area contributed by atoms with Gasteiger partial charge in [0, 0.05) is 38.3 Å². The highest BCUT2D eigenvalue weighted by Gasteiger charge is 2.17. The Hall–Kier alpha value is -1.62. The van der Waals surface area contributed by atoms with E-state index in [0.29, 0.717) is 19.0 Å². The van der Waals surface area contributed by atoms with E-state index in [1.54, 1.807) is 0 Å². The maximum Gasteiger partial charge on any atom is 0.221 e. The van der Waals surface area contributed by atoms with E-state index in [9.17, 15) is 4.79 Å². The number of carbonyl (C=O) groups is 1. The standard InChI is InChI=1S/C16H24N4O/c21-16(11-14-4-3-6-17-14)19-12-13-5-7-18-15(10-13)20-8-1-2-9-20/h5,7,10,14,17H,1-4,6,8-9,11-12H2,(H,19,21). The first-order valence-electron chi connectivity index (χ1n) is 8.01. The van der Waals surface area contributed by atoms with Gasteiger partial charge in [0.25, 0.3) is 0 Å². The van der Waals surface area contributed by atoms with Crippen molar-refractivity contribution in [2.75, 3.05) is 24.5 Å². The molecule has 2 aliphatic heterocycles. The smallest absolute Gasteiger partial charge is 0.221 e. The Morgan fingerprint density at radius 2 is 2.24 bits per heavy atom. The molecular weight excluding hydrogens is 264 g/mol. The van der Waals surface area contributed by atoms with Crippen LogP contribution in [0.5, 0.6) is 0 Å². The lowest BCUT2D eigenvalue weighted by Gasteiger charge is -2.17. The molecule has 1 aromatic heterocycles. The molecule has 0 bridgehead atoms. The summed E-state index contributed by atoms with van der Waals surface area (Å²) in [6.07, 6.45) is 7.22. The van der Waals surface area contributed by atoms with Gasteiger partial charge in [0.2, 0.25) is 5.91 Å². The molecule has 0 radical (unpaired) electrons. The van der Waals surface area contributed by atoms with Crippen molar-refractivity contribution in [3.63, 3.8) is 0 Å². The van der Waals surface area contributed by atoms with Gasteiger partial charge in [0.1, 0.15) is 5.82 Å². The molecule has 3 heterocycles. The van der Waals surface area contributed by atoms with Crippen LogP contribution in [-0.4, -0.2) is 36.6 Å². The molecule has 1 unspecified atom stereocenters. The molecule has 0 aromatic carbocycles. The van der Waals surface area contributed by atoms with E-state index >= 15 is 0 Å². The normalized spacial score (nSPS) is 21.7. The Bertz CT molecular complexity index is 479. The lowest BCUT2D eigenvalue weighted by molar-refractivity contribution is -0.121. The minimum Gasteiger partial charge on any atom is -0.357 e. The number of nitrogens with zero attached hydrogens (tertiary/aromatic N) is 2. The fourth-order valence-electron chi connectivity index (χ4n) is 3.12. The van der Waals surface area contributed by atoms with Crippen LogP contribution in [0.2, 0.25) is 0 Å². The second-order valence-electron chi connectivity index (χ2n) is 5.99. The zero-order valence-corrected chi connectivity index (χ0v) is 12.5. The summed E-state index contributed by atoms with van der Waals surface area (Å²) in [4.78, 5) is 18.7. The quantitative estimate of drug-likeness (QED) is 0.861. The average Bonchev–Trinajstić information content (AvgIpc) is 3.19. The number of hydrogen-bond acceptors (Lipinski definition) is 4. The van der Waals surface area contributed by atoms with E-state index < -0.39 is 0 Å². The highest BCUT2D eigenvalue weighted by Crippen LogP contribution is 2.18. The number of hydrogen-bond donors (Lipinski definition) is 2. The maximum atomic E-state index is 11.9. The molecule has 0 saturated carbocycles. The molecule has 2 fully saturated rings. The maximum absolute atomic E-state index is 11.9. The molecule has 21 heavy (non-hydrogen) atoms. The second kappa shape index (κ2) is 6.89. The van der Waals surface area contributed by atoms with Gasteiger partial charge in [-0.3, -0.25) is 4.79 Å². The van der Waals surface area contributed by atoms with Gasteiger partial charge in [-0.15, -0.1) is 0 Å². The van der Waals surface area contributed by atoms with Crippen LogP contribution in [0.25, 0.3) is 0 Å². The summed E-state index contributed by atoms with van der Waals surface area (Å²) in [6.45, 7) is 3.82. The highest BCUT2D eigenvalue weighted by atomic mass is 16.1. The van der Waals surface area contributed by atoms with Crippen LogP contribution >= 0.6 is 0 Å². The fraction of sp³-hybridized carbons (Fsp3) is 0.625. The topological polar surface area (TPSA) is 57.3 Å². The van der Waals surface area contributed by atoms with Crippen molar-refractivity contribution in [3.05, 3.63) is 23.9 Å². The third-order valence-electron chi connectivity index (χ3n) is 4.32. The minimum atomic E-state index is 0.133. The number of pyridine rings is 1. The first kappa shape index (κ1) is 14.3. The molecule has 0 spiro atoms. The molecule has 0 aliphatic carbocycles. The number of nitrogens with one attached hydrogen (secondary N) is 2. The number of amides is 1. The van der Waals surface area contributed by atoms with Crippen molar-refractivity contribution in [1.82, 2.24) is 15.6 Å². The van der Waals surface area contributed by atoms with Crippen molar-refractivity contribution >= 4 is 11.7 Å². The molecule has 2 saturated heterocycles. The number of carbonyl (C=O) groups excluding carboxylic acids is 1. The Balaban J connectivity index is 1.50. The molecule has 5 heteroatoms. The van der Waals surface area contributed by atoms with Crippen molar-refractivity contribution in [2.45, 2.75) is 44.7 Å². The molecule has 1 atom stereocenters. The van der Waals surface area contributed by atoms with E-state index in [2.05, 4.69) is 26.6 Å². The molecule has 5 nitrogen and oxygen atoms in total.